The Morgan fingerprint density at radius 2 is 1.54 bits per heavy atom. The number of thiazole rings is 2. The second kappa shape index (κ2) is 16.8. The van der Waals surface area contributed by atoms with E-state index in [0.717, 1.165) is 5.56 Å². The molecule has 4 rings (SSSR count). The molecule has 0 radical (unpaired) electrons. The lowest BCUT2D eigenvalue weighted by molar-refractivity contribution is -0.142. The fraction of sp³-hybridized carbons (Fsp3) is 0.515. The number of hydrogen-bond acceptors (Lipinski definition) is 9. The van der Waals surface area contributed by atoms with Crippen molar-refractivity contribution in [2.75, 3.05) is 19.6 Å². The molecule has 13 heteroatoms. The lowest BCUT2D eigenvalue weighted by Crippen LogP contribution is -2.43. The van der Waals surface area contributed by atoms with E-state index in [4.69, 9.17) is 0 Å². The molecule has 11 nitrogen and oxygen atoms in total. The summed E-state index contributed by atoms with van der Waals surface area (Å²) in [5, 5.41) is 24.1. The normalized spacial score (nSPS) is 19.6. The van der Waals surface area contributed by atoms with E-state index in [-0.39, 0.29) is 59.3 Å². The van der Waals surface area contributed by atoms with Crippen molar-refractivity contribution in [2.45, 2.75) is 78.0 Å². The zero-order chi connectivity index (χ0) is 33.2. The van der Waals surface area contributed by atoms with Crippen LogP contribution in [0.15, 0.2) is 41.1 Å². The Hall–Kier alpha value is -3.68. The summed E-state index contributed by atoms with van der Waals surface area (Å²) in [5.41, 5.74) is 1.50. The van der Waals surface area contributed by atoms with Gasteiger partial charge in [0.25, 0.3) is 17.7 Å². The summed E-state index contributed by atoms with van der Waals surface area (Å²) in [6, 6.07) is 8.86. The molecule has 3 atom stereocenters. The average Bonchev–Trinajstić information content (AvgIpc) is 3.72. The number of benzene rings is 1. The van der Waals surface area contributed by atoms with Crippen molar-refractivity contribution in [1.29, 1.82) is 0 Å². The van der Waals surface area contributed by atoms with Gasteiger partial charge in [0, 0.05) is 36.8 Å². The molecule has 0 fully saturated rings. The molecule has 0 saturated heterocycles. The summed E-state index contributed by atoms with van der Waals surface area (Å²) in [4.78, 5) is 63.4. The predicted octanol–water partition coefficient (Wildman–Crippen LogP) is 4.28. The van der Waals surface area contributed by atoms with Crippen LogP contribution < -0.4 is 16.0 Å². The van der Waals surface area contributed by atoms with Gasteiger partial charge in [-0.05, 0) is 43.1 Å². The summed E-state index contributed by atoms with van der Waals surface area (Å²) in [6.07, 6.45) is 1.00. The number of carbonyl (C=O) groups is 4. The fourth-order valence-corrected chi connectivity index (χ4v) is 6.85. The van der Waals surface area contributed by atoms with Crippen LogP contribution in [0.2, 0.25) is 0 Å². The maximum Gasteiger partial charge on any atom is 0.271 e. The Balaban J connectivity index is 1.62. The molecule has 4 amide bonds. The molecule has 1 aliphatic rings. The van der Waals surface area contributed by atoms with Crippen molar-refractivity contribution in [3.8, 4) is 0 Å². The highest BCUT2D eigenvalue weighted by molar-refractivity contribution is 7.10. The summed E-state index contributed by atoms with van der Waals surface area (Å²) in [5.74, 6) is -1.28. The second-order valence-corrected chi connectivity index (χ2v) is 14.1. The number of aromatic nitrogens is 2. The number of aliphatic hydroxyl groups is 1. The molecule has 3 aromatic rings. The number of hydrogen-bond donors (Lipinski definition) is 4. The van der Waals surface area contributed by atoms with Gasteiger partial charge in [-0.1, -0.05) is 58.0 Å². The van der Waals surface area contributed by atoms with Crippen LogP contribution in [0, 0.1) is 11.8 Å². The Morgan fingerprint density at radius 1 is 0.913 bits per heavy atom. The lowest BCUT2D eigenvalue weighted by atomic mass is 10.0. The van der Waals surface area contributed by atoms with Gasteiger partial charge in [0.15, 0.2) is 0 Å². The minimum absolute atomic E-state index is 0.177. The first-order chi connectivity index (χ1) is 22.0. The standard InChI is InChI=1S/C33H44N6O5S2/c1-20(2)16-23-31-38-26(19-46-31)30(43)36-24(17-22-10-6-5-7-11-22)32-37-25(18-45-32)29(42)34-13-9-15-39(14-8-12-27(40)35-23)33(44)28(41)21(3)4/h5-7,10-11,18-21,23-24,28,41H,8-9,12-17H2,1-4H3,(H,34,42)(H,35,40)(H,36,43)/t23-,24-,28+/m0/s1. The van der Waals surface area contributed by atoms with Crippen molar-refractivity contribution in [3.05, 3.63) is 68.1 Å². The topological polar surface area (TPSA) is 154 Å². The summed E-state index contributed by atoms with van der Waals surface area (Å²) in [7, 11) is 0. The van der Waals surface area contributed by atoms with Crippen LogP contribution in [0.25, 0.3) is 0 Å². The smallest absolute Gasteiger partial charge is 0.271 e. The third kappa shape index (κ3) is 9.91. The van der Waals surface area contributed by atoms with E-state index in [2.05, 4.69) is 39.8 Å². The Bertz CT molecular complexity index is 1470. The Morgan fingerprint density at radius 3 is 2.20 bits per heavy atom. The van der Waals surface area contributed by atoms with Crippen LogP contribution in [0.3, 0.4) is 0 Å². The minimum Gasteiger partial charge on any atom is -0.383 e. The fourth-order valence-electron chi connectivity index (χ4n) is 5.14. The monoisotopic (exact) mass is 668 g/mol. The molecule has 1 aliphatic heterocycles. The molecule has 0 unspecified atom stereocenters. The van der Waals surface area contributed by atoms with Crippen molar-refractivity contribution >= 4 is 46.3 Å². The van der Waals surface area contributed by atoms with Gasteiger partial charge in [-0.25, -0.2) is 9.97 Å². The number of aliphatic hydroxyl groups excluding tert-OH is 1. The molecular weight excluding hydrogens is 625 g/mol. The molecule has 248 valence electrons. The first kappa shape index (κ1) is 35.2. The highest BCUT2D eigenvalue weighted by atomic mass is 32.1. The van der Waals surface area contributed by atoms with Gasteiger partial charge >= 0.3 is 0 Å². The largest absolute Gasteiger partial charge is 0.383 e. The average molecular weight is 669 g/mol. The number of nitrogens with one attached hydrogen (secondary N) is 3. The molecule has 46 heavy (non-hydrogen) atoms. The summed E-state index contributed by atoms with van der Waals surface area (Å²) >= 11 is 2.62. The zero-order valence-corrected chi connectivity index (χ0v) is 28.5. The number of amides is 4. The van der Waals surface area contributed by atoms with Crippen LogP contribution in [0.1, 0.15) is 102 Å². The molecule has 4 bridgehead atoms. The van der Waals surface area contributed by atoms with Gasteiger partial charge in [-0.3, -0.25) is 19.2 Å². The van der Waals surface area contributed by atoms with Crippen LogP contribution in [0.4, 0.5) is 0 Å². The Labute approximate surface area is 278 Å². The van der Waals surface area contributed by atoms with Gasteiger partial charge in [-0.15, -0.1) is 22.7 Å². The van der Waals surface area contributed by atoms with Gasteiger partial charge in [-0.2, -0.15) is 0 Å². The maximum atomic E-state index is 13.5. The number of fused-ring (bicyclic) bond motifs is 4. The van der Waals surface area contributed by atoms with Crippen molar-refractivity contribution in [3.63, 3.8) is 0 Å². The van der Waals surface area contributed by atoms with E-state index in [1.165, 1.54) is 22.7 Å². The number of nitrogens with zero attached hydrogens (tertiary/aromatic N) is 3. The maximum absolute atomic E-state index is 13.5. The van der Waals surface area contributed by atoms with Crippen LogP contribution >= 0.6 is 22.7 Å². The molecule has 3 heterocycles. The van der Waals surface area contributed by atoms with Crippen LogP contribution in [-0.4, -0.2) is 69.3 Å². The minimum atomic E-state index is -1.15. The van der Waals surface area contributed by atoms with Crippen molar-refractivity contribution < 1.29 is 24.3 Å². The molecule has 0 aliphatic carbocycles. The van der Waals surface area contributed by atoms with E-state index in [9.17, 15) is 24.3 Å². The third-order valence-electron chi connectivity index (χ3n) is 7.65. The van der Waals surface area contributed by atoms with Gasteiger partial charge in [0.05, 0.1) is 12.1 Å². The highest BCUT2D eigenvalue weighted by Crippen LogP contribution is 2.27. The zero-order valence-electron chi connectivity index (χ0n) is 26.8. The van der Waals surface area contributed by atoms with Gasteiger partial charge < -0.3 is 26.0 Å². The Kier molecular flexibility index (Phi) is 12.8. The molecular formula is C33H44N6O5S2. The lowest BCUT2D eigenvalue weighted by Gasteiger charge is -2.27. The molecule has 4 N–H and O–H groups in total. The van der Waals surface area contributed by atoms with Crippen molar-refractivity contribution in [1.82, 2.24) is 30.8 Å². The van der Waals surface area contributed by atoms with Crippen LogP contribution in [-0.2, 0) is 16.0 Å². The molecule has 0 spiro atoms. The van der Waals surface area contributed by atoms with Gasteiger partial charge in [0.2, 0.25) is 5.91 Å². The first-order valence-corrected chi connectivity index (χ1v) is 17.6. The van der Waals surface area contributed by atoms with E-state index in [0.29, 0.717) is 55.3 Å². The predicted molar refractivity (Wildman–Crippen MR) is 179 cm³/mol. The van der Waals surface area contributed by atoms with Crippen molar-refractivity contribution in [2.24, 2.45) is 11.8 Å². The van der Waals surface area contributed by atoms with Crippen LogP contribution in [0.5, 0.6) is 0 Å². The van der Waals surface area contributed by atoms with E-state index < -0.39 is 12.1 Å². The van der Waals surface area contributed by atoms with E-state index >= 15 is 0 Å². The number of rotatable bonds is 6. The van der Waals surface area contributed by atoms with E-state index in [1.807, 2.05) is 30.3 Å². The summed E-state index contributed by atoms with van der Waals surface area (Å²) in [6.45, 7) is 8.58. The third-order valence-corrected chi connectivity index (χ3v) is 9.57. The summed E-state index contributed by atoms with van der Waals surface area (Å²) < 4.78 is 0. The quantitative estimate of drug-likeness (QED) is 0.306. The molecule has 0 saturated carbocycles. The highest BCUT2D eigenvalue weighted by Gasteiger charge is 2.27. The number of carbonyl (C=O) groups excluding carboxylic acids is 4. The van der Waals surface area contributed by atoms with E-state index in [1.54, 1.807) is 29.5 Å². The second-order valence-electron chi connectivity index (χ2n) is 12.3. The SMILES string of the molecule is CC(C)C[C@@H]1NC(=O)CCCN(C(=O)[C@H](O)C(C)C)CCCNC(=O)c2csc(n2)[C@H](Cc2ccccc2)NC(=O)c2csc1n2. The van der Waals surface area contributed by atoms with Gasteiger partial charge in [0.1, 0.15) is 27.5 Å². The first-order valence-electron chi connectivity index (χ1n) is 15.8. The molecule has 2 aromatic heterocycles. The molecule has 1 aromatic carbocycles.